The van der Waals surface area contributed by atoms with E-state index in [0.717, 1.165) is 17.5 Å². The van der Waals surface area contributed by atoms with E-state index in [4.69, 9.17) is 23.8 Å². The van der Waals surface area contributed by atoms with Gasteiger partial charge in [-0.2, -0.15) is 0 Å². The van der Waals surface area contributed by atoms with Gasteiger partial charge in [0.2, 0.25) is 5.95 Å². The summed E-state index contributed by atoms with van der Waals surface area (Å²) < 4.78 is 2.45. The average molecular weight is 269 g/mol. The maximum atomic E-state index is 5.84. The molecule has 6 heteroatoms. The number of hydrogen-bond donors (Lipinski definition) is 1. The number of benzene rings is 1. The molecule has 0 atom stereocenters. The van der Waals surface area contributed by atoms with E-state index >= 15 is 0 Å². The second-order valence-corrected chi connectivity index (χ2v) is 4.69. The minimum Gasteiger partial charge on any atom is -0.340 e. The minimum absolute atomic E-state index is 0.614. The van der Waals surface area contributed by atoms with Gasteiger partial charge in [-0.15, -0.1) is 5.10 Å². The molecule has 0 spiro atoms. The molecular formula is C11H13ClN4S. The highest BCUT2D eigenvalue weighted by molar-refractivity contribution is 7.71. The van der Waals surface area contributed by atoms with Crippen molar-refractivity contribution in [2.45, 2.75) is 6.54 Å². The molecule has 4 nitrogen and oxygen atoms in total. The van der Waals surface area contributed by atoms with Crippen molar-refractivity contribution in [3.05, 3.63) is 39.6 Å². The van der Waals surface area contributed by atoms with Gasteiger partial charge in [-0.1, -0.05) is 23.7 Å². The van der Waals surface area contributed by atoms with E-state index in [1.54, 1.807) is 0 Å². The van der Waals surface area contributed by atoms with Crippen molar-refractivity contribution in [2.24, 2.45) is 7.05 Å². The van der Waals surface area contributed by atoms with Gasteiger partial charge in [0.1, 0.15) is 0 Å². The fourth-order valence-corrected chi connectivity index (χ4v) is 1.87. The van der Waals surface area contributed by atoms with Gasteiger partial charge in [0, 0.05) is 25.7 Å². The molecule has 0 radical (unpaired) electrons. The molecule has 1 aromatic carbocycles. The van der Waals surface area contributed by atoms with Crippen molar-refractivity contribution in [3.8, 4) is 0 Å². The summed E-state index contributed by atoms with van der Waals surface area (Å²) >= 11 is 10.9. The van der Waals surface area contributed by atoms with Crippen molar-refractivity contribution >= 4 is 29.8 Å². The number of anilines is 1. The third kappa shape index (κ3) is 2.68. The van der Waals surface area contributed by atoms with Crippen LogP contribution in [0.15, 0.2) is 24.3 Å². The second kappa shape index (κ2) is 4.89. The van der Waals surface area contributed by atoms with E-state index in [1.165, 1.54) is 5.56 Å². The van der Waals surface area contributed by atoms with Gasteiger partial charge in [-0.25, -0.2) is 5.10 Å². The molecule has 90 valence electrons. The molecule has 1 heterocycles. The van der Waals surface area contributed by atoms with Crippen molar-refractivity contribution in [1.29, 1.82) is 0 Å². The predicted octanol–water partition coefficient (Wildman–Crippen LogP) is 2.77. The van der Waals surface area contributed by atoms with Crippen LogP contribution in [0.2, 0.25) is 5.02 Å². The number of nitrogens with one attached hydrogen (secondary N) is 1. The summed E-state index contributed by atoms with van der Waals surface area (Å²) in [4.78, 5) is 2.02. The summed E-state index contributed by atoms with van der Waals surface area (Å²) in [7, 11) is 3.86. The van der Waals surface area contributed by atoms with Crippen molar-refractivity contribution in [1.82, 2.24) is 14.8 Å². The molecule has 0 amide bonds. The lowest BCUT2D eigenvalue weighted by molar-refractivity contribution is 0.801. The molecule has 0 saturated carbocycles. The summed E-state index contributed by atoms with van der Waals surface area (Å²) in [6.45, 7) is 0.755. The van der Waals surface area contributed by atoms with Crippen LogP contribution in [-0.4, -0.2) is 21.8 Å². The number of hydrogen-bond acceptors (Lipinski definition) is 3. The van der Waals surface area contributed by atoms with E-state index < -0.39 is 0 Å². The van der Waals surface area contributed by atoms with Crippen LogP contribution >= 0.6 is 23.8 Å². The largest absolute Gasteiger partial charge is 0.340 e. The Balaban J connectivity index is 2.17. The zero-order valence-corrected chi connectivity index (χ0v) is 11.2. The Kier molecular flexibility index (Phi) is 3.49. The number of nitrogens with zero attached hydrogens (tertiary/aromatic N) is 3. The SMILES string of the molecule is CN(Cc1ccc(Cl)cc1)c1n[nH]c(=S)n1C. The van der Waals surface area contributed by atoms with Gasteiger partial charge < -0.3 is 4.90 Å². The summed E-state index contributed by atoms with van der Waals surface area (Å²) in [5.41, 5.74) is 1.17. The van der Waals surface area contributed by atoms with E-state index in [1.807, 2.05) is 47.8 Å². The molecule has 2 rings (SSSR count). The van der Waals surface area contributed by atoms with Crippen LogP contribution in [0.3, 0.4) is 0 Å². The van der Waals surface area contributed by atoms with E-state index in [-0.39, 0.29) is 0 Å². The topological polar surface area (TPSA) is 36.9 Å². The number of rotatable bonds is 3. The molecule has 1 aromatic heterocycles. The molecule has 0 bridgehead atoms. The highest BCUT2D eigenvalue weighted by atomic mass is 35.5. The Morgan fingerprint density at radius 2 is 2.06 bits per heavy atom. The highest BCUT2D eigenvalue weighted by Gasteiger charge is 2.08. The second-order valence-electron chi connectivity index (χ2n) is 3.87. The molecular weight excluding hydrogens is 256 g/mol. The van der Waals surface area contributed by atoms with Crippen LogP contribution in [-0.2, 0) is 13.6 Å². The van der Waals surface area contributed by atoms with Gasteiger partial charge in [0.15, 0.2) is 4.77 Å². The molecule has 1 N–H and O–H groups in total. The maximum absolute atomic E-state index is 5.84. The van der Waals surface area contributed by atoms with Crippen LogP contribution in [0.5, 0.6) is 0 Å². The lowest BCUT2D eigenvalue weighted by atomic mass is 10.2. The molecule has 0 saturated heterocycles. The molecule has 0 aliphatic rings. The molecule has 0 aliphatic carbocycles. The van der Waals surface area contributed by atoms with Crippen LogP contribution in [0, 0.1) is 4.77 Å². The average Bonchev–Trinajstić information content (AvgIpc) is 2.63. The first kappa shape index (κ1) is 12.1. The summed E-state index contributed by atoms with van der Waals surface area (Å²) in [6, 6.07) is 7.77. The standard InChI is InChI=1S/C11H13ClN4S/c1-15(10-13-14-11(17)16(10)2)7-8-3-5-9(12)6-4-8/h3-6H,7H2,1-2H3,(H,14,17). The van der Waals surface area contributed by atoms with E-state index in [2.05, 4.69) is 10.2 Å². The number of aromatic amines is 1. The fourth-order valence-electron chi connectivity index (χ4n) is 1.61. The Morgan fingerprint density at radius 3 is 2.59 bits per heavy atom. The van der Waals surface area contributed by atoms with Gasteiger partial charge in [0.25, 0.3) is 0 Å². The van der Waals surface area contributed by atoms with Gasteiger partial charge in [0.05, 0.1) is 0 Å². The first-order valence-corrected chi connectivity index (χ1v) is 5.93. The molecule has 0 fully saturated rings. The van der Waals surface area contributed by atoms with Gasteiger partial charge in [-0.05, 0) is 29.9 Å². The van der Waals surface area contributed by atoms with Gasteiger partial charge >= 0.3 is 0 Å². The Labute approximate surface area is 110 Å². The lowest BCUT2D eigenvalue weighted by Crippen LogP contribution is -2.20. The van der Waals surface area contributed by atoms with Crippen molar-refractivity contribution in [2.75, 3.05) is 11.9 Å². The third-order valence-electron chi connectivity index (χ3n) is 2.53. The summed E-state index contributed by atoms with van der Waals surface area (Å²) in [5, 5.41) is 7.69. The first-order valence-electron chi connectivity index (χ1n) is 5.15. The molecule has 2 aromatic rings. The predicted molar refractivity (Wildman–Crippen MR) is 72.0 cm³/mol. The summed E-state index contributed by atoms with van der Waals surface area (Å²) in [5.74, 6) is 0.810. The quantitative estimate of drug-likeness (QED) is 0.870. The monoisotopic (exact) mass is 268 g/mol. The number of halogens is 1. The van der Waals surface area contributed by atoms with Crippen LogP contribution < -0.4 is 4.90 Å². The van der Waals surface area contributed by atoms with Crippen molar-refractivity contribution in [3.63, 3.8) is 0 Å². The molecule has 17 heavy (non-hydrogen) atoms. The number of H-pyrrole nitrogens is 1. The smallest absolute Gasteiger partial charge is 0.225 e. The Bertz CT molecular complexity index is 558. The third-order valence-corrected chi connectivity index (χ3v) is 3.15. The first-order chi connectivity index (χ1) is 8.08. The Hall–Kier alpha value is -1.33. The minimum atomic E-state index is 0.614. The van der Waals surface area contributed by atoms with Gasteiger partial charge in [-0.3, -0.25) is 4.57 Å². The molecule has 0 aliphatic heterocycles. The molecule has 0 unspecified atom stereocenters. The van der Waals surface area contributed by atoms with E-state index in [0.29, 0.717) is 4.77 Å². The fraction of sp³-hybridized carbons (Fsp3) is 0.273. The van der Waals surface area contributed by atoms with Crippen molar-refractivity contribution < 1.29 is 0 Å². The van der Waals surface area contributed by atoms with Crippen LogP contribution in [0.1, 0.15) is 5.56 Å². The van der Waals surface area contributed by atoms with Crippen LogP contribution in [0.25, 0.3) is 0 Å². The zero-order valence-electron chi connectivity index (χ0n) is 9.64. The van der Waals surface area contributed by atoms with Crippen LogP contribution in [0.4, 0.5) is 5.95 Å². The zero-order chi connectivity index (χ0) is 12.4. The maximum Gasteiger partial charge on any atom is 0.225 e. The normalized spacial score (nSPS) is 10.5. The lowest BCUT2D eigenvalue weighted by Gasteiger charge is -2.17. The summed E-state index contributed by atoms with van der Waals surface area (Å²) in [6.07, 6.45) is 0. The Morgan fingerprint density at radius 1 is 1.41 bits per heavy atom. The number of aromatic nitrogens is 3. The highest BCUT2D eigenvalue weighted by Crippen LogP contribution is 2.14. The van der Waals surface area contributed by atoms with E-state index in [9.17, 15) is 0 Å².